The van der Waals surface area contributed by atoms with Gasteiger partial charge in [0.25, 0.3) is 0 Å². The molecule has 0 aliphatic carbocycles. The first-order valence-electron chi connectivity index (χ1n) is 4.62. The fraction of sp³-hybridized carbons (Fsp3) is 0.273. The van der Waals surface area contributed by atoms with E-state index in [0.29, 0.717) is 28.4 Å². The number of ether oxygens (including phenoxy) is 2. The number of hydrogen-bond acceptors (Lipinski definition) is 5. The lowest BCUT2D eigenvalue weighted by atomic mass is 10.1. The minimum absolute atomic E-state index is 0.295. The number of carbonyl (C=O) groups excluding carboxylic acids is 1. The predicted molar refractivity (Wildman–Crippen MR) is 60.9 cm³/mol. The maximum Gasteiger partial charge on any atom is 0.338 e. The van der Waals surface area contributed by atoms with Crippen molar-refractivity contribution in [2.45, 2.75) is 11.8 Å². The first kappa shape index (κ1) is 12.4. The maximum absolute atomic E-state index is 11.5. The second kappa shape index (κ2) is 5.42. The first-order chi connectivity index (χ1) is 7.63. The van der Waals surface area contributed by atoms with Gasteiger partial charge in [-0.25, -0.2) is 4.79 Å². The Morgan fingerprint density at radius 1 is 1.56 bits per heavy atom. The van der Waals surface area contributed by atoms with Crippen LogP contribution in [0.4, 0.5) is 0 Å². The molecule has 0 atom stereocenters. The quantitative estimate of drug-likeness (QED) is 0.645. The molecule has 0 aliphatic rings. The molecular formula is C11H11NO3S. The molecule has 5 heteroatoms. The van der Waals surface area contributed by atoms with E-state index in [1.54, 1.807) is 6.92 Å². The average Bonchev–Trinajstić information content (AvgIpc) is 2.28. The highest BCUT2D eigenvalue weighted by Crippen LogP contribution is 2.26. The second-order valence-electron chi connectivity index (χ2n) is 2.90. The molecule has 0 bridgehead atoms. The van der Waals surface area contributed by atoms with Crippen LogP contribution in [0.15, 0.2) is 17.0 Å². The Morgan fingerprint density at radius 2 is 2.25 bits per heavy atom. The van der Waals surface area contributed by atoms with Gasteiger partial charge in [0, 0.05) is 4.90 Å². The van der Waals surface area contributed by atoms with Gasteiger partial charge < -0.3 is 9.47 Å². The predicted octanol–water partition coefficient (Wildman–Crippen LogP) is 2.03. The Morgan fingerprint density at radius 3 is 2.75 bits per heavy atom. The summed E-state index contributed by atoms with van der Waals surface area (Å²) in [7, 11) is 1.43. The van der Waals surface area contributed by atoms with Gasteiger partial charge in [0.1, 0.15) is 17.4 Å². The van der Waals surface area contributed by atoms with Crippen molar-refractivity contribution in [3.05, 3.63) is 23.3 Å². The van der Waals surface area contributed by atoms with Crippen molar-refractivity contribution >= 4 is 18.6 Å². The van der Waals surface area contributed by atoms with Crippen LogP contribution in [0.25, 0.3) is 0 Å². The van der Waals surface area contributed by atoms with Gasteiger partial charge in [-0.05, 0) is 19.1 Å². The van der Waals surface area contributed by atoms with Crippen molar-refractivity contribution < 1.29 is 14.3 Å². The molecule has 0 spiro atoms. The third-order valence-corrected chi connectivity index (χ3v) is 2.28. The average molecular weight is 237 g/mol. The minimum Gasteiger partial charge on any atom is -0.495 e. The Labute approximate surface area is 99.2 Å². The summed E-state index contributed by atoms with van der Waals surface area (Å²) in [4.78, 5) is 11.9. The standard InChI is InChI=1S/C11H11NO3S/c1-3-15-11(13)7-4-9(14-2)8(6-12)10(16)5-7/h4-5,16H,3H2,1-2H3. The van der Waals surface area contributed by atoms with Gasteiger partial charge in [-0.1, -0.05) is 0 Å². The minimum atomic E-state index is -0.458. The molecule has 0 radical (unpaired) electrons. The van der Waals surface area contributed by atoms with Crippen LogP contribution in [0.2, 0.25) is 0 Å². The van der Waals surface area contributed by atoms with Crippen LogP contribution in [0, 0.1) is 11.3 Å². The fourth-order valence-electron chi connectivity index (χ4n) is 1.21. The number of esters is 1. The zero-order valence-electron chi connectivity index (χ0n) is 8.98. The van der Waals surface area contributed by atoms with Gasteiger partial charge in [-0.15, -0.1) is 12.6 Å². The Hall–Kier alpha value is -1.67. The summed E-state index contributed by atoms with van der Waals surface area (Å²) >= 11 is 4.12. The summed E-state index contributed by atoms with van der Waals surface area (Å²) in [5.41, 5.74) is 0.626. The van der Waals surface area contributed by atoms with Gasteiger partial charge in [0.2, 0.25) is 0 Å². The van der Waals surface area contributed by atoms with E-state index in [-0.39, 0.29) is 0 Å². The molecule has 1 rings (SSSR count). The summed E-state index contributed by atoms with van der Waals surface area (Å²) in [5, 5.41) is 8.87. The van der Waals surface area contributed by atoms with Gasteiger partial charge in [-0.3, -0.25) is 0 Å². The zero-order valence-corrected chi connectivity index (χ0v) is 9.88. The third-order valence-electron chi connectivity index (χ3n) is 1.92. The molecule has 0 unspecified atom stereocenters. The molecule has 16 heavy (non-hydrogen) atoms. The number of thiol groups is 1. The van der Waals surface area contributed by atoms with Crippen LogP contribution in [0.3, 0.4) is 0 Å². The van der Waals surface area contributed by atoms with E-state index in [1.165, 1.54) is 19.2 Å². The van der Waals surface area contributed by atoms with E-state index in [9.17, 15) is 4.79 Å². The highest BCUT2D eigenvalue weighted by atomic mass is 32.1. The lowest BCUT2D eigenvalue weighted by molar-refractivity contribution is 0.0525. The van der Waals surface area contributed by atoms with E-state index >= 15 is 0 Å². The Bertz CT molecular complexity index is 451. The van der Waals surface area contributed by atoms with Crippen LogP contribution >= 0.6 is 12.6 Å². The number of hydrogen-bond donors (Lipinski definition) is 1. The van der Waals surface area contributed by atoms with Crippen LogP contribution in [-0.2, 0) is 4.74 Å². The number of benzene rings is 1. The largest absolute Gasteiger partial charge is 0.495 e. The van der Waals surface area contributed by atoms with E-state index in [4.69, 9.17) is 14.7 Å². The van der Waals surface area contributed by atoms with Crippen LogP contribution in [0.1, 0.15) is 22.8 Å². The molecule has 1 aromatic carbocycles. The van der Waals surface area contributed by atoms with Gasteiger partial charge >= 0.3 is 5.97 Å². The molecule has 0 fully saturated rings. The smallest absolute Gasteiger partial charge is 0.338 e. The molecule has 84 valence electrons. The molecule has 0 N–H and O–H groups in total. The molecule has 0 saturated heterocycles. The van der Waals surface area contributed by atoms with Crippen molar-refractivity contribution in [2.24, 2.45) is 0 Å². The van der Waals surface area contributed by atoms with Crippen molar-refractivity contribution in [1.29, 1.82) is 5.26 Å². The van der Waals surface area contributed by atoms with Crippen LogP contribution in [0.5, 0.6) is 5.75 Å². The van der Waals surface area contributed by atoms with Crippen molar-refractivity contribution in [1.82, 2.24) is 0 Å². The lowest BCUT2D eigenvalue weighted by Crippen LogP contribution is -2.05. The van der Waals surface area contributed by atoms with Crippen molar-refractivity contribution in [2.75, 3.05) is 13.7 Å². The number of methoxy groups -OCH3 is 1. The van der Waals surface area contributed by atoms with Gasteiger partial charge in [0.05, 0.1) is 19.3 Å². The van der Waals surface area contributed by atoms with Crippen molar-refractivity contribution in [3.63, 3.8) is 0 Å². The molecule has 0 aromatic heterocycles. The van der Waals surface area contributed by atoms with Crippen molar-refractivity contribution in [3.8, 4) is 11.8 Å². The molecule has 0 aliphatic heterocycles. The topological polar surface area (TPSA) is 59.3 Å². The zero-order chi connectivity index (χ0) is 12.1. The summed E-state index contributed by atoms with van der Waals surface area (Å²) in [6.45, 7) is 2.02. The molecule has 1 aromatic rings. The van der Waals surface area contributed by atoms with E-state index < -0.39 is 5.97 Å². The SMILES string of the molecule is CCOC(=O)c1cc(S)c(C#N)c(OC)c1. The number of nitrogens with zero attached hydrogens (tertiary/aromatic N) is 1. The molecular weight excluding hydrogens is 226 g/mol. The summed E-state index contributed by atoms with van der Waals surface area (Å²) < 4.78 is 9.85. The Kier molecular flexibility index (Phi) is 4.20. The van der Waals surface area contributed by atoms with Crippen LogP contribution in [-0.4, -0.2) is 19.7 Å². The highest BCUT2D eigenvalue weighted by molar-refractivity contribution is 7.80. The highest BCUT2D eigenvalue weighted by Gasteiger charge is 2.14. The van der Waals surface area contributed by atoms with E-state index in [1.807, 2.05) is 6.07 Å². The molecule has 0 heterocycles. The summed E-state index contributed by atoms with van der Waals surface area (Å²) in [6, 6.07) is 4.92. The fourth-order valence-corrected chi connectivity index (χ4v) is 1.51. The van der Waals surface area contributed by atoms with Crippen LogP contribution < -0.4 is 4.74 Å². The second-order valence-corrected chi connectivity index (χ2v) is 3.39. The number of nitriles is 1. The first-order valence-corrected chi connectivity index (χ1v) is 5.07. The monoisotopic (exact) mass is 237 g/mol. The maximum atomic E-state index is 11.5. The summed E-state index contributed by atoms with van der Waals surface area (Å²) in [5.74, 6) is -0.140. The number of carbonyl (C=O) groups is 1. The molecule has 4 nitrogen and oxygen atoms in total. The van der Waals surface area contributed by atoms with Gasteiger partial charge in [0.15, 0.2) is 0 Å². The molecule has 0 amide bonds. The van der Waals surface area contributed by atoms with Gasteiger partial charge in [-0.2, -0.15) is 5.26 Å². The normalized spacial score (nSPS) is 9.38. The van der Waals surface area contributed by atoms with E-state index in [2.05, 4.69) is 12.6 Å². The third kappa shape index (κ3) is 2.47. The lowest BCUT2D eigenvalue weighted by Gasteiger charge is -2.08. The van der Waals surface area contributed by atoms with E-state index in [0.717, 1.165) is 0 Å². The summed E-state index contributed by atoms with van der Waals surface area (Å²) in [6.07, 6.45) is 0. The number of rotatable bonds is 3. The Balaban J connectivity index is 3.21. The molecule has 0 saturated carbocycles.